The quantitative estimate of drug-likeness (QED) is 0.648. The van der Waals surface area contributed by atoms with Crippen LogP contribution in [0.1, 0.15) is 23.7 Å². The Hall–Kier alpha value is -2.50. The van der Waals surface area contributed by atoms with Gasteiger partial charge in [0, 0.05) is 12.1 Å². The number of hydrogen-bond acceptors (Lipinski definition) is 4. The van der Waals surface area contributed by atoms with E-state index in [4.69, 9.17) is 0 Å². The summed E-state index contributed by atoms with van der Waals surface area (Å²) in [5.41, 5.74) is 1.44. The summed E-state index contributed by atoms with van der Waals surface area (Å²) in [4.78, 5) is 11.8. The van der Waals surface area contributed by atoms with Gasteiger partial charge in [-0.05, 0) is 48.0 Å². The highest BCUT2D eigenvalue weighted by molar-refractivity contribution is 5.94. The van der Waals surface area contributed by atoms with E-state index in [0.717, 1.165) is 12.1 Å². The second-order valence-corrected chi connectivity index (χ2v) is 3.91. The van der Waals surface area contributed by atoms with E-state index in [-0.39, 0.29) is 5.91 Å². The molecule has 0 aliphatic rings. The third kappa shape index (κ3) is 3.48. The van der Waals surface area contributed by atoms with Crippen LogP contribution in [-0.4, -0.2) is 32.7 Å². The molecular weight excluding hydrogens is 242 g/mol. The van der Waals surface area contributed by atoms with Gasteiger partial charge in [-0.1, -0.05) is 12.2 Å². The van der Waals surface area contributed by atoms with Crippen molar-refractivity contribution in [3.63, 3.8) is 0 Å². The molecule has 0 radical (unpaired) electrons. The molecule has 2 rings (SSSR count). The van der Waals surface area contributed by atoms with Gasteiger partial charge in [0.15, 0.2) is 0 Å². The molecule has 1 heterocycles. The van der Waals surface area contributed by atoms with E-state index in [0.29, 0.717) is 12.1 Å². The van der Waals surface area contributed by atoms with E-state index in [1.54, 1.807) is 24.3 Å². The van der Waals surface area contributed by atoms with Crippen LogP contribution in [0.2, 0.25) is 0 Å². The minimum atomic E-state index is -0.0761. The van der Waals surface area contributed by atoms with Crippen molar-refractivity contribution in [1.29, 1.82) is 0 Å². The zero-order valence-corrected chi connectivity index (χ0v) is 10.7. The van der Waals surface area contributed by atoms with Gasteiger partial charge >= 0.3 is 0 Å². The molecule has 1 aromatic carbocycles. The average Bonchev–Trinajstić information content (AvgIpc) is 2.98. The molecule has 0 unspecified atom stereocenters. The van der Waals surface area contributed by atoms with Crippen LogP contribution in [0.5, 0.6) is 0 Å². The van der Waals surface area contributed by atoms with Crippen molar-refractivity contribution < 1.29 is 4.79 Å². The van der Waals surface area contributed by atoms with Crippen molar-refractivity contribution in [1.82, 2.24) is 25.5 Å². The molecule has 0 fully saturated rings. The number of nitrogens with one attached hydrogen (secondary N) is 1. The van der Waals surface area contributed by atoms with Crippen LogP contribution in [0.3, 0.4) is 0 Å². The summed E-state index contributed by atoms with van der Waals surface area (Å²) in [5.74, 6) is -0.0761. The highest BCUT2D eigenvalue weighted by atomic mass is 16.1. The lowest BCUT2D eigenvalue weighted by Crippen LogP contribution is -2.24. The molecule has 0 saturated carbocycles. The summed E-state index contributed by atoms with van der Waals surface area (Å²) >= 11 is 0. The fourth-order valence-corrected chi connectivity index (χ4v) is 1.58. The zero-order valence-electron chi connectivity index (χ0n) is 10.7. The Labute approximate surface area is 111 Å². The van der Waals surface area contributed by atoms with E-state index < -0.39 is 0 Å². The highest BCUT2D eigenvalue weighted by Crippen LogP contribution is 2.07. The van der Waals surface area contributed by atoms with E-state index in [9.17, 15) is 4.79 Å². The number of rotatable bonds is 5. The maximum Gasteiger partial charge on any atom is 0.251 e. The molecule has 6 nitrogen and oxygen atoms in total. The van der Waals surface area contributed by atoms with Gasteiger partial charge in [0.25, 0.3) is 5.91 Å². The number of carbonyl (C=O) groups excluding carboxylic acids is 1. The van der Waals surface area contributed by atoms with Crippen LogP contribution in [0.15, 0.2) is 42.7 Å². The van der Waals surface area contributed by atoms with Crippen LogP contribution in [0.25, 0.3) is 5.69 Å². The van der Waals surface area contributed by atoms with E-state index in [2.05, 4.69) is 20.8 Å². The van der Waals surface area contributed by atoms with Gasteiger partial charge in [-0.15, -0.1) is 5.10 Å². The second kappa shape index (κ2) is 6.44. The first-order chi connectivity index (χ1) is 9.31. The molecule has 2 aromatic rings. The number of nitrogens with zero attached hydrogens (tertiary/aromatic N) is 4. The normalized spacial score (nSPS) is 10.8. The molecular formula is C13H15N5O. The van der Waals surface area contributed by atoms with Crippen LogP contribution < -0.4 is 5.32 Å². The highest BCUT2D eigenvalue weighted by Gasteiger charge is 2.05. The topological polar surface area (TPSA) is 72.7 Å². The van der Waals surface area contributed by atoms with Crippen molar-refractivity contribution in [2.45, 2.75) is 13.3 Å². The van der Waals surface area contributed by atoms with Gasteiger partial charge < -0.3 is 5.32 Å². The molecule has 0 spiro atoms. The summed E-state index contributed by atoms with van der Waals surface area (Å²) in [6.07, 6.45) is 6.32. The van der Waals surface area contributed by atoms with Crippen molar-refractivity contribution in [2.75, 3.05) is 6.54 Å². The Kier molecular flexibility index (Phi) is 4.39. The first kappa shape index (κ1) is 12.9. The third-order valence-corrected chi connectivity index (χ3v) is 2.58. The predicted octanol–water partition coefficient (Wildman–Crippen LogP) is 1.36. The average molecular weight is 257 g/mol. The number of tetrazole rings is 1. The van der Waals surface area contributed by atoms with E-state index >= 15 is 0 Å². The summed E-state index contributed by atoms with van der Waals surface area (Å²) < 4.78 is 1.54. The Morgan fingerprint density at radius 1 is 1.37 bits per heavy atom. The molecule has 98 valence electrons. The molecule has 0 atom stereocenters. The maximum atomic E-state index is 11.8. The van der Waals surface area contributed by atoms with Gasteiger partial charge in [0.1, 0.15) is 6.33 Å². The fourth-order valence-electron chi connectivity index (χ4n) is 1.58. The van der Waals surface area contributed by atoms with Crippen LogP contribution >= 0.6 is 0 Å². The van der Waals surface area contributed by atoms with Crippen LogP contribution in [-0.2, 0) is 0 Å². The third-order valence-electron chi connectivity index (χ3n) is 2.58. The monoisotopic (exact) mass is 257 g/mol. The lowest BCUT2D eigenvalue weighted by atomic mass is 10.2. The maximum absolute atomic E-state index is 11.8. The summed E-state index contributed by atoms with van der Waals surface area (Å²) in [7, 11) is 0. The molecule has 1 aromatic heterocycles. The largest absolute Gasteiger partial charge is 0.352 e. The molecule has 0 aliphatic heterocycles. The smallest absolute Gasteiger partial charge is 0.251 e. The lowest BCUT2D eigenvalue weighted by molar-refractivity contribution is 0.0954. The lowest BCUT2D eigenvalue weighted by Gasteiger charge is -2.04. The Balaban J connectivity index is 1.96. The molecule has 0 saturated heterocycles. The van der Waals surface area contributed by atoms with Gasteiger partial charge in [-0.2, -0.15) is 0 Å². The number of hydrogen-bond donors (Lipinski definition) is 1. The molecule has 19 heavy (non-hydrogen) atoms. The Morgan fingerprint density at radius 3 is 2.79 bits per heavy atom. The van der Waals surface area contributed by atoms with E-state index in [1.807, 2.05) is 19.1 Å². The van der Waals surface area contributed by atoms with Crippen molar-refractivity contribution in [2.24, 2.45) is 0 Å². The number of allylic oxidation sites excluding steroid dienone is 1. The summed E-state index contributed by atoms with van der Waals surface area (Å²) in [6, 6.07) is 7.11. The fraction of sp³-hybridized carbons (Fsp3) is 0.231. The first-order valence-corrected chi connectivity index (χ1v) is 6.04. The van der Waals surface area contributed by atoms with Crippen molar-refractivity contribution in [3.8, 4) is 5.69 Å². The van der Waals surface area contributed by atoms with Gasteiger partial charge in [0.05, 0.1) is 5.69 Å². The summed E-state index contributed by atoms with van der Waals surface area (Å²) in [5, 5.41) is 13.8. The Bertz CT molecular complexity index is 545. The van der Waals surface area contributed by atoms with E-state index in [1.165, 1.54) is 11.0 Å². The number of aromatic nitrogens is 4. The molecule has 6 heteroatoms. The van der Waals surface area contributed by atoms with Gasteiger partial charge in [-0.25, -0.2) is 4.68 Å². The molecule has 0 aliphatic carbocycles. The Morgan fingerprint density at radius 2 is 2.16 bits per heavy atom. The minimum absolute atomic E-state index is 0.0761. The number of amides is 1. The minimum Gasteiger partial charge on any atom is -0.352 e. The molecule has 1 amide bonds. The van der Waals surface area contributed by atoms with Crippen LogP contribution in [0.4, 0.5) is 0 Å². The zero-order chi connectivity index (χ0) is 13.5. The predicted molar refractivity (Wildman–Crippen MR) is 70.9 cm³/mol. The molecule has 0 bridgehead atoms. The van der Waals surface area contributed by atoms with Gasteiger partial charge in [-0.3, -0.25) is 4.79 Å². The summed E-state index contributed by atoms with van der Waals surface area (Å²) in [6.45, 7) is 2.59. The van der Waals surface area contributed by atoms with Crippen molar-refractivity contribution in [3.05, 3.63) is 48.3 Å². The standard InChI is InChI=1S/C13H15N5O/c1-2-3-4-9-14-13(19)11-5-7-12(8-6-11)18-10-15-16-17-18/h2-3,5-8,10H,4,9H2,1H3,(H,14,19)/b3-2+. The SMILES string of the molecule is C/C=C/CCNC(=O)c1ccc(-n2cnnn2)cc1. The number of carbonyl (C=O) groups is 1. The van der Waals surface area contributed by atoms with Crippen molar-refractivity contribution >= 4 is 5.91 Å². The number of benzene rings is 1. The van der Waals surface area contributed by atoms with Crippen LogP contribution in [0, 0.1) is 0 Å². The van der Waals surface area contributed by atoms with Gasteiger partial charge in [0.2, 0.25) is 0 Å². The molecule has 1 N–H and O–H groups in total. The second-order valence-electron chi connectivity index (χ2n) is 3.91. The first-order valence-electron chi connectivity index (χ1n) is 6.04.